The number of aliphatic hydroxyl groups is 1. The molecular formula is C16H19F3N6O3. The molecule has 1 saturated carbocycles. The Balaban J connectivity index is 1.45. The Kier molecular flexibility index (Phi) is 4.52. The third-order valence-electron chi connectivity index (χ3n) is 4.81. The van der Waals surface area contributed by atoms with E-state index in [1.54, 1.807) is 4.90 Å². The zero-order valence-electron chi connectivity index (χ0n) is 15.0. The van der Waals surface area contributed by atoms with Crippen LogP contribution in [-0.4, -0.2) is 56.2 Å². The van der Waals surface area contributed by atoms with Crippen LogP contribution < -0.4 is 10.2 Å². The molecule has 2 fully saturated rings. The zero-order chi connectivity index (χ0) is 20.1. The van der Waals surface area contributed by atoms with Crippen LogP contribution in [0.1, 0.15) is 47.3 Å². The third-order valence-corrected chi connectivity index (χ3v) is 4.81. The van der Waals surface area contributed by atoms with Crippen molar-refractivity contribution in [2.45, 2.75) is 43.5 Å². The number of aliphatic hydroxyl groups excluding tert-OH is 1. The van der Waals surface area contributed by atoms with Crippen molar-refractivity contribution in [2.75, 3.05) is 18.0 Å². The number of aryl methyl sites for hydroxylation is 1. The van der Waals surface area contributed by atoms with Gasteiger partial charge in [0, 0.05) is 38.2 Å². The number of rotatable bonds is 4. The number of anilines is 1. The predicted octanol–water partition coefficient (Wildman–Crippen LogP) is 1.07. The van der Waals surface area contributed by atoms with Gasteiger partial charge in [-0.15, -0.1) is 0 Å². The van der Waals surface area contributed by atoms with Crippen LogP contribution in [0.3, 0.4) is 0 Å². The molecule has 3 heterocycles. The fourth-order valence-corrected chi connectivity index (χ4v) is 3.27. The monoisotopic (exact) mass is 400 g/mol. The second-order valence-electron chi connectivity index (χ2n) is 7.21. The first-order valence-corrected chi connectivity index (χ1v) is 8.89. The number of carbonyl (C=O) groups is 1. The molecular weight excluding hydrogens is 381 g/mol. The molecule has 9 nitrogen and oxygen atoms in total. The van der Waals surface area contributed by atoms with E-state index >= 15 is 0 Å². The van der Waals surface area contributed by atoms with Gasteiger partial charge in [-0.1, -0.05) is 0 Å². The lowest BCUT2D eigenvalue weighted by Gasteiger charge is -2.35. The van der Waals surface area contributed by atoms with Gasteiger partial charge >= 0.3 is 6.18 Å². The van der Waals surface area contributed by atoms with Crippen molar-refractivity contribution in [1.29, 1.82) is 0 Å². The van der Waals surface area contributed by atoms with Gasteiger partial charge in [-0.05, 0) is 24.4 Å². The summed E-state index contributed by atoms with van der Waals surface area (Å²) in [5, 5.41) is 20.1. The van der Waals surface area contributed by atoms with Crippen LogP contribution >= 0.6 is 0 Å². The molecule has 0 aromatic carbocycles. The first kappa shape index (κ1) is 18.7. The Morgan fingerprint density at radius 2 is 2.11 bits per heavy atom. The molecule has 2 atom stereocenters. The maximum Gasteiger partial charge on any atom is 0.435 e. The molecule has 0 spiro atoms. The van der Waals surface area contributed by atoms with Gasteiger partial charge in [0.25, 0.3) is 11.9 Å². The standard InChI is InChI=1S/C16H19F3N6O3/c1-24-11(5-12(22-24)16(17,18)19)13(27)20-9-4-10(26)7-25(6-9)15-21-14(28-23-15)8-2-3-8/h5,8-10,26H,2-4,6-7H2,1H3,(H,20,27)/t9-,10+/m0/s1. The zero-order valence-corrected chi connectivity index (χ0v) is 15.0. The number of nitrogens with zero attached hydrogens (tertiary/aromatic N) is 5. The van der Waals surface area contributed by atoms with E-state index in [-0.39, 0.29) is 18.7 Å². The lowest BCUT2D eigenvalue weighted by molar-refractivity contribution is -0.141. The summed E-state index contributed by atoms with van der Waals surface area (Å²) in [6, 6.07) is 0.205. The number of piperidine rings is 1. The smallest absolute Gasteiger partial charge is 0.391 e. The molecule has 2 aromatic heterocycles. The Morgan fingerprint density at radius 1 is 1.36 bits per heavy atom. The molecule has 4 rings (SSSR count). The van der Waals surface area contributed by atoms with E-state index < -0.39 is 29.9 Å². The molecule has 0 unspecified atom stereocenters. The van der Waals surface area contributed by atoms with E-state index in [2.05, 4.69) is 20.6 Å². The van der Waals surface area contributed by atoms with Crippen LogP contribution in [-0.2, 0) is 13.2 Å². The Hall–Kier alpha value is -2.63. The van der Waals surface area contributed by atoms with Crippen molar-refractivity contribution in [1.82, 2.24) is 25.2 Å². The minimum absolute atomic E-state index is 0.213. The first-order valence-electron chi connectivity index (χ1n) is 8.89. The van der Waals surface area contributed by atoms with E-state index in [9.17, 15) is 23.1 Å². The van der Waals surface area contributed by atoms with Gasteiger partial charge in [0.2, 0.25) is 5.89 Å². The number of β-amino-alcohol motifs (C(OH)–C–C–N with tert-alkyl or cyclic N) is 1. The van der Waals surface area contributed by atoms with Crippen molar-refractivity contribution in [3.05, 3.63) is 23.3 Å². The molecule has 1 aliphatic heterocycles. The number of hydrogen-bond acceptors (Lipinski definition) is 7. The number of halogens is 3. The summed E-state index contributed by atoms with van der Waals surface area (Å²) in [7, 11) is 1.27. The van der Waals surface area contributed by atoms with Gasteiger partial charge < -0.3 is 19.8 Å². The summed E-state index contributed by atoms with van der Waals surface area (Å²) in [5.41, 5.74) is -1.35. The quantitative estimate of drug-likeness (QED) is 0.790. The Bertz CT molecular complexity index is 875. The van der Waals surface area contributed by atoms with Crippen molar-refractivity contribution < 1.29 is 27.6 Å². The summed E-state index contributed by atoms with van der Waals surface area (Å²) in [5.74, 6) is 0.487. The molecule has 0 bridgehead atoms. The summed E-state index contributed by atoms with van der Waals surface area (Å²) < 4.78 is 44.5. The van der Waals surface area contributed by atoms with Gasteiger partial charge in [0.15, 0.2) is 5.69 Å². The van der Waals surface area contributed by atoms with Crippen LogP contribution in [0.2, 0.25) is 0 Å². The molecule has 2 aromatic rings. The molecule has 12 heteroatoms. The second-order valence-corrected chi connectivity index (χ2v) is 7.21. The van der Waals surface area contributed by atoms with Gasteiger partial charge in [-0.25, -0.2) is 0 Å². The summed E-state index contributed by atoms with van der Waals surface area (Å²) in [4.78, 5) is 18.5. The largest absolute Gasteiger partial charge is 0.435 e. The number of carbonyl (C=O) groups excluding carboxylic acids is 1. The fraction of sp³-hybridized carbons (Fsp3) is 0.625. The second kappa shape index (κ2) is 6.76. The fourth-order valence-electron chi connectivity index (χ4n) is 3.27. The van der Waals surface area contributed by atoms with E-state index in [4.69, 9.17) is 4.52 Å². The van der Waals surface area contributed by atoms with Gasteiger partial charge in [0.05, 0.1) is 6.10 Å². The minimum Gasteiger partial charge on any atom is -0.391 e. The third kappa shape index (κ3) is 3.81. The number of hydrogen-bond donors (Lipinski definition) is 2. The average molecular weight is 400 g/mol. The number of amides is 1. The van der Waals surface area contributed by atoms with Crippen molar-refractivity contribution in [3.8, 4) is 0 Å². The number of alkyl halides is 3. The molecule has 2 N–H and O–H groups in total. The topological polar surface area (TPSA) is 109 Å². The SMILES string of the molecule is Cn1nc(C(F)(F)F)cc1C(=O)N[C@H]1C[C@@H](O)CN(c2noc(C3CC3)n2)C1. The molecule has 1 saturated heterocycles. The van der Waals surface area contributed by atoms with Gasteiger partial charge in [-0.3, -0.25) is 9.48 Å². The molecule has 152 valence electrons. The van der Waals surface area contributed by atoms with Crippen molar-refractivity contribution >= 4 is 11.9 Å². The Labute approximate surface area is 157 Å². The van der Waals surface area contributed by atoms with E-state index in [0.29, 0.717) is 30.4 Å². The molecule has 1 amide bonds. The van der Waals surface area contributed by atoms with Crippen LogP contribution in [0.15, 0.2) is 10.6 Å². The van der Waals surface area contributed by atoms with Crippen LogP contribution in [0.5, 0.6) is 0 Å². The molecule has 0 radical (unpaired) electrons. The van der Waals surface area contributed by atoms with Gasteiger partial charge in [-0.2, -0.15) is 23.3 Å². The Morgan fingerprint density at radius 3 is 2.75 bits per heavy atom. The minimum atomic E-state index is -4.63. The van der Waals surface area contributed by atoms with Crippen LogP contribution in [0.4, 0.5) is 19.1 Å². The maximum atomic E-state index is 12.8. The lowest BCUT2D eigenvalue weighted by atomic mass is 10.0. The average Bonchev–Trinajstić information content (AvgIpc) is 3.18. The highest BCUT2D eigenvalue weighted by Crippen LogP contribution is 2.39. The molecule has 1 aliphatic carbocycles. The normalized spacial score (nSPS) is 23.1. The number of nitrogens with one attached hydrogen (secondary N) is 1. The van der Waals surface area contributed by atoms with E-state index in [1.165, 1.54) is 7.05 Å². The molecule has 28 heavy (non-hydrogen) atoms. The predicted molar refractivity (Wildman–Crippen MR) is 88.6 cm³/mol. The summed E-state index contributed by atoms with van der Waals surface area (Å²) >= 11 is 0. The van der Waals surface area contributed by atoms with Crippen molar-refractivity contribution in [3.63, 3.8) is 0 Å². The summed E-state index contributed by atoms with van der Waals surface area (Å²) in [6.07, 6.45) is -3.11. The maximum absolute atomic E-state index is 12.8. The highest BCUT2D eigenvalue weighted by Gasteiger charge is 2.37. The van der Waals surface area contributed by atoms with E-state index in [0.717, 1.165) is 17.5 Å². The lowest BCUT2D eigenvalue weighted by Crippen LogP contribution is -2.53. The van der Waals surface area contributed by atoms with E-state index in [1.807, 2.05) is 0 Å². The van der Waals surface area contributed by atoms with Gasteiger partial charge in [0.1, 0.15) is 5.69 Å². The van der Waals surface area contributed by atoms with Crippen LogP contribution in [0.25, 0.3) is 0 Å². The van der Waals surface area contributed by atoms with Crippen molar-refractivity contribution in [2.24, 2.45) is 7.05 Å². The highest BCUT2D eigenvalue weighted by molar-refractivity contribution is 5.93. The van der Waals surface area contributed by atoms with Crippen LogP contribution in [0, 0.1) is 0 Å². The first-order chi connectivity index (χ1) is 13.2. The molecule has 2 aliphatic rings. The summed E-state index contributed by atoms with van der Waals surface area (Å²) in [6.45, 7) is 0.580. The highest BCUT2D eigenvalue weighted by atomic mass is 19.4. The number of aromatic nitrogens is 4.